The lowest BCUT2D eigenvalue weighted by atomic mass is 10.4. The summed E-state index contributed by atoms with van der Waals surface area (Å²) < 4.78 is 16.7. The molecule has 104 valence electrons. The fourth-order valence-electron chi connectivity index (χ4n) is 2.22. The fraction of sp³-hybridized carbons (Fsp3) is 0.462. The number of hydrogen-bond acceptors (Lipinski definition) is 4. The Morgan fingerprint density at radius 3 is 2.70 bits per heavy atom. The van der Waals surface area contributed by atoms with Gasteiger partial charge in [-0.1, -0.05) is 0 Å². The lowest BCUT2D eigenvalue weighted by molar-refractivity contribution is 0.583. The maximum atomic E-state index is 13.9. The summed E-state index contributed by atoms with van der Waals surface area (Å²) in [6, 6.07) is 1.93. The maximum Gasteiger partial charge on any atom is 0.197 e. The molecule has 0 saturated heterocycles. The first-order chi connectivity index (χ1) is 9.72. The molecule has 0 amide bonds. The Morgan fingerprint density at radius 2 is 2.05 bits per heavy atom. The molecule has 0 N–H and O–H groups in total. The number of nitrogens with zero attached hydrogens (tertiary/aromatic N) is 4. The molecule has 2 heterocycles. The highest BCUT2D eigenvalue weighted by molar-refractivity contribution is 9.10. The number of halogens is 2. The lowest BCUT2D eigenvalue weighted by Gasteiger charge is -2.08. The van der Waals surface area contributed by atoms with E-state index in [1.54, 1.807) is 6.20 Å². The summed E-state index contributed by atoms with van der Waals surface area (Å²) in [6.07, 6.45) is 6.33. The summed E-state index contributed by atoms with van der Waals surface area (Å²) in [6.45, 7) is 0. The summed E-state index contributed by atoms with van der Waals surface area (Å²) in [5.41, 5.74) is 0. The summed E-state index contributed by atoms with van der Waals surface area (Å²) >= 11 is 4.48. The topological polar surface area (TPSA) is 43.6 Å². The van der Waals surface area contributed by atoms with Gasteiger partial charge in [0.1, 0.15) is 10.9 Å². The SMILES string of the molecule is Fc1cc(Br)cnc1Sc1nnc(C2CC2)n1C1CC1. The number of hydrogen-bond donors (Lipinski definition) is 0. The van der Waals surface area contributed by atoms with Gasteiger partial charge in [0.15, 0.2) is 11.0 Å². The van der Waals surface area contributed by atoms with Crippen molar-refractivity contribution in [1.29, 1.82) is 0 Å². The van der Waals surface area contributed by atoms with Gasteiger partial charge in [-0.25, -0.2) is 9.37 Å². The highest BCUT2D eigenvalue weighted by Crippen LogP contribution is 2.46. The molecular weight excluding hydrogens is 343 g/mol. The Morgan fingerprint density at radius 1 is 1.25 bits per heavy atom. The standard InChI is InChI=1S/C13H12BrFN4S/c14-8-5-10(15)12(16-6-8)20-13-18-17-11(7-1-2-7)19(13)9-3-4-9/h5-7,9H,1-4H2. The van der Waals surface area contributed by atoms with E-state index in [4.69, 9.17) is 0 Å². The number of pyridine rings is 1. The first-order valence-corrected chi connectivity index (χ1v) is 8.27. The predicted molar refractivity (Wildman–Crippen MR) is 76.3 cm³/mol. The first-order valence-electron chi connectivity index (χ1n) is 6.66. The second-order valence-electron chi connectivity index (χ2n) is 5.26. The normalized spacial score (nSPS) is 18.5. The third-order valence-corrected chi connectivity index (χ3v) is 4.90. The summed E-state index contributed by atoms with van der Waals surface area (Å²) in [4.78, 5) is 4.12. The van der Waals surface area contributed by atoms with Crippen molar-refractivity contribution < 1.29 is 4.39 Å². The zero-order valence-corrected chi connectivity index (χ0v) is 13.0. The molecule has 4 rings (SSSR count). The Hall–Kier alpha value is -0.950. The van der Waals surface area contributed by atoms with Crippen molar-refractivity contribution in [3.05, 3.63) is 28.4 Å². The monoisotopic (exact) mass is 354 g/mol. The van der Waals surface area contributed by atoms with Crippen LogP contribution in [0.1, 0.15) is 43.5 Å². The van der Waals surface area contributed by atoms with Crippen LogP contribution in [-0.2, 0) is 0 Å². The predicted octanol–water partition coefficient (Wildman–Crippen LogP) is 3.94. The van der Waals surface area contributed by atoms with E-state index in [2.05, 4.69) is 35.7 Å². The molecule has 2 saturated carbocycles. The minimum Gasteiger partial charge on any atom is -0.302 e. The molecular formula is C13H12BrFN4S. The Balaban J connectivity index is 1.68. The van der Waals surface area contributed by atoms with E-state index in [9.17, 15) is 4.39 Å². The number of rotatable bonds is 4. The van der Waals surface area contributed by atoms with E-state index < -0.39 is 0 Å². The van der Waals surface area contributed by atoms with E-state index in [-0.39, 0.29) is 5.82 Å². The molecule has 2 aromatic rings. The van der Waals surface area contributed by atoms with Crippen molar-refractivity contribution in [2.75, 3.05) is 0 Å². The second kappa shape index (κ2) is 4.80. The van der Waals surface area contributed by atoms with E-state index in [0.717, 1.165) is 11.0 Å². The van der Waals surface area contributed by atoms with Crippen LogP contribution in [0.25, 0.3) is 0 Å². The van der Waals surface area contributed by atoms with Crippen molar-refractivity contribution in [1.82, 2.24) is 19.7 Å². The highest BCUT2D eigenvalue weighted by atomic mass is 79.9. The zero-order valence-electron chi connectivity index (χ0n) is 10.6. The fourth-order valence-corrected chi connectivity index (χ4v) is 3.38. The van der Waals surface area contributed by atoms with Crippen molar-refractivity contribution in [2.24, 2.45) is 0 Å². The maximum absolute atomic E-state index is 13.9. The van der Waals surface area contributed by atoms with Crippen LogP contribution in [-0.4, -0.2) is 19.7 Å². The van der Waals surface area contributed by atoms with Crippen molar-refractivity contribution in [2.45, 2.75) is 47.8 Å². The first kappa shape index (κ1) is 12.8. The quantitative estimate of drug-likeness (QED) is 0.833. The van der Waals surface area contributed by atoms with Gasteiger partial charge < -0.3 is 4.57 Å². The van der Waals surface area contributed by atoms with Gasteiger partial charge in [0.2, 0.25) is 0 Å². The largest absolute Gasteiger partial charge is 0.302 e. The van der Waals surface area contributed by atoms with Crippen LogP contribution in [0.15, 0.2) is 26.9 Å². The van der Waals surface area contributed by atoms with Gasteiger partial charge in [-0.2, -0.15) is 0 Å². The van der Waals surface area contributed by atoms with Crippen molar-refractivity contribution in [3.8, 4) is 0 Å². The molecule has 0 unspecified atom stereocenters. The molecule has 0 bridgehead atoms. The van der Waals surface area contributed by atoms with Crippen LogP contribution in [0, 0.1) is 5.82 Å². The molecule has 2 fully saturated rings. The average molecular weight is 355 g/mol. The lowest BCUT2D eigenvalue weighted by Crippen LogP contribution is -2.02. The van der Waals surface area contributed by atoms with E-state index in [1.807, 2.05) is 0 Å². The van der Waals surface area contributed by atoms with Crippen LogP contribution in [0.4, 0.5) is 4.39 Å². The van der Waals surface area contributed by atoms with Gasteiger partial charge in [0, 0.05) is 22.6 Å². The third kappa shape index (κ3) is 2.37. The van der Waals surface area contributed by atoms with Crippen LogP contribution in [0.3, 0.4) is 0 Å². The van der Waals surface area contributed by atoms with Gasteiger partial charge in [0.25, 0.3) is 0 Å². The van der Waals surface area contributed by atoms with E-state index in [1.165, 1.54) is 43.5 Å². The van der Waals surface area contributed by atoms with Crippen LogP contribution in [0.2, 0.25) is 0 Å². The molecule has 0 aliphatic heterocycles. The minimum absolute atomic E-state index is 0.331. The van der Waals surface area contributed by atoms with Gasteiger partial charge in [0.05, 0.1) is 0 Å². The third-order valence-electron chi connectivity index (χ3n) is 3.51. The van der Waals surface area contributed by atoms with Gasteiger partial charge in [-0.15, -0.1) is 10.2 Å². The molecule has 20 heavy (non-hydrogen) atoms. The van der Waals surface area contributed by atoms with Crippen molar-refractivity contribution >= 4 is 27.7 Å². The van der Waals surface area contributed by atoms with E-state index in [0.29, 0.717) is 21.5 Å². The zero-order chi connectivity index (χ0) is 13.7. The Labute approximate surface area is 128 Å². The molecule has 2 aliphatic rings. The van der Waals surface area contributed by atoms with E-state index >= 15 is 0 Å². The molecule has 0 radical (unpaired) electrons. The summed E-state index contributed by atoms with van der Waals surface area (Å²) in [7, 11) is 0. The van der Waals surface area contributed by atoms with Crippen LogP contribution in [0.5, 0.6) is 0 Å². The van der Waals surface area contributed by atoms with Gasteiger partial charge in [-0.05, 0) is 59.4 Å². The molecule has 2 aromatic heterocycles. The van der Waals surface area contributed by atoms with Crippen molar-refractivity contribution in [3.63, 3.8) is 0 Å². The molecule has 2 aliphatic carbocycles. The van der Waals surface area contributed by atoms with Gasteiger partial charge in [-0.3, -0.25) is 0 Å². The smallest absolute Gasteiger partial charge is 0.197 e. The Bertz CT molecular complexity index is 666. The summed E-state index contributed by atoms with van der Waals surface area (Å²) in [5, 5.41) is 9.69. The average Bonchev–Trinajstić information content (AvgIpc) is 3.31. The molecule has 0 aromatic carbocycles. The number of aromatic nitrogens is 4. The highest BCUT2D eigenvalue weighted by Gasteiger charge is 2.36. The summed E-state index contributed by atoms with van der Waals surface area (Å²) in [5.74, 6) is 1.30. The van der Waals surface area contributed by atoms with Crippen LogP contribution < -0.4 is 0 Å². The Kier molecular flexibility index (Phi) is 3.07. The molecule has 4 nitrogen and oxygen atoms in total. The molecule has 0 spiro atoms. The van der Waals surface area contributed by atoms with Crippen LogP contribution >= 0.6 is 27.7 Å². The molecule has 0 atom stereocenters. The molecule has 7 heteroatoms. The second-order valence-corrected chi connectivity index (χ2v) is 7.13. The minimum atomic E-state index is -0.331. The van der Waals surface area contributed by atoms with Gasteiger partial charge >= 0.3 is 0 Å².